The van der Waals surface area contributed by atoms with Crippen LogP contribution in [0.15, 0.2) is 0 Å². The summed E-state index contributed by atoms with van der Waals surface area (Å²) in [6, 6.07) is 0. The topological polar surface area (TPSA) is 198 Å². The molecule has 9 nitrogen and oxygen atoms in total. The van der Waals surface area contributed by atoms with E-state index in [1.165, 1.54) is 0 Å². The van der Waals surface area contributed by atoms with Crippen molar-refractivity contribution in [2.24, 2.45) is 17.2 Å². The number of carbonyl (C=O) groups is 3. The molecule has 0 aliphatic carbocycles. The molecule has 0 aliphatic rings. The molecule has 0 atom stereocenters. The maximum absolute atomic E-state index is 9.13. The van der Waals surface area contributed by atoms with Crippen LogP contribution in [0.1, 0.15) is 0 Å². The first-order valence-electron chi connectivity index (χ1n) is 3.51. The molecule has 0 unspecified atom stereocenters. The molecule has 0 aromatic heterocycles. The van der Waals surface area contributed by atoms with Crippen molar-refractivity contribution >= 4 is 72.5 Å². The van der Waals surface area contributed by atoms with Gasteiger partial charge in [0.1, 0.15) is 0 Å². The third-order valence-corrected chi connectivity index (χ3v) is 0.500. The predicted molar refractivity (Wildman–Crippen MR) is 69.7 cm³/mol. The van der Waals surface area contributed by atoms with Gasteiger partial charge in [0.15, 0.2) is 0 Å². The smallest absolute Gasteiger partial charge is 0.549 e. The SMILES string of the molecule is Cl.Cl.Cl.NCC(=O)[O-].NCC(=O)[O-].NCC(=O)[O-].[Al+3]. The van der Waals surface area contributed by atoms with Crippen molar-refractivity contribution in [2.45, 2.75) is 0 Å². The second-order valence-corrected chi connectivity index (χ2v) is 1.73. The molecule has 13 heteroatoms. The molecule has 0 bridgehead atoms. The van der Waals surface area contributed by atoms with Crippen LogP contribution in [0.5, 0.6) is 0 Å². The van der Waals surface area contributed by atoms with E-state index in [0.717, 1.165) is 0 Å². The van der Waals surface area contributed by atoms with Gasteiger partial charge in [0.05, 0.1) is 17.9 Å². The molecule has 6 N–H and O–H groups in total. The first-order chi connectivity index (χ1) is 6.81. The molecule has 0 aliphatic heterocycles. The normalized spacial score (nSPS) is 5.84. The van der Waals surface area contributed by atoms with E-state index < -0.39 is 17.9 Å². The Bertz CT molecular complexity index is 179. The van der Waals surface area contributed by atoms with Crippen molar-refractivity contribution < 1.29 is 29.7 Å². The first kappa shape index (κ1) is 42.8. The molecular formula is C6H15AlCl3N3O6. The Morgan fingerprint density at radius 2 is 0.684 bits per heavy atom. The van der Waals surface area contributed by atoms with Gasteiger partial charge in [0.2, 0.25) is 0 Å². The fourth-order valence-electron chi connectivity index (χ4n) is 0. The van der Waals surface area contributed by atoms with Crippen molar-refractivity contribution in [3.63, 3.8) is 0 Å². The molecule has 0 saturated heterocycles. The van der Waals surface area contributed by atoms with Crippen LogP contribution in [0, 0.1) is 0 Å². The van der Waals surface area contributed by atoms with E-state index in [0.29, 0.717) is 0 Å². The largest absolute Gasteiger partial charge is 3.00 e. The molecule has 0 aromatic carbocycles. The Morgan fingerprint density at radius 3 is 0.684 bits per heavy atom. The zero-order chi connectivity index (χ0) is 12.9. The Hall–Kier alpha value is -0.308. The maximum atomic E-state index is 9.13. The van der Waals surface area contributed by atoms with Gasteiger partial charge in [-0.1, -0.05) is 0 Å². The molecule has 0 aromatic rings. The van der Waals surface area contributed by atoms with Gasteiger partial charge in [-0.15, -0.1) is 37.2 Å². The monoisotopic (exact) mass is 357 g/mol. The van der Waals surface area contributed by atoms with E-state index in [1.807, 2.05) is 0 Å². The molecule has 0 heterocycles. The van der Waals surface area contributed by atoms with Gasteiger partial charge in [0.25, 0.3) is 0 Å². The molecule has 0 rings (SSSR count). The summed E-state index contributed by atoms with van der Waals surface area (Å²) in [6.45, 7) is -1.17. The summed E-state index contributed by atoms with van der Waals surface area (Å²) in [5, 5.41) is 27.4. The Morgan fingerprint density at radius 1 is 0.632 bits per heavy atom. The number of hydrogen-bond acceptors (Lipinski definition) is 9. The second kappa shape index (κ2) is 36.1. The van der Waals surface area contributed by atoms with E-state index in [4.69, 9.17) is 29.7 Å². The Balaban J connectivity index is -0.0000000206. The van der Waals surface area contributed by atoms with Gasteiger partial charge < -0.3 is 46.9 Å². The number of carbonyl (C=O) groups excluding carboxylic acids is 3. The zero-order valence-electron chi connectivity index (χ0n) is 9.60. The molecule has 0 amide bonds. The number of rotatable bonds is 3. The quantitative estimate of drug-likeness (QED) is 0.411. The van der Waals surface area contributed by atoms with Gasteiger partial charge in [-0.3, -0.25) is 0 Å². The van der Waals surface area contributed by atoms with Crippen LogP contribution in [0.4, 0.5) is 0 Å². The van der Waals surface area contributed by atoms with Gasteiger partial charge >= 0.3 is 17.4 Å². The summed E-state index contributed by atoms with van der Waals surface area (Å²) in [7, 11) is 0. The van der Waals surface area contributed by atoms with E-state index in [9.17, 15) is 0 Å². The summed E-state index contributed by atoms with van der Waals surface area (Å²) < 4.78 is 0. The van der Waals surface area contributed by atoms with Crippen LogP contribution in [-0.2, 0) is 14.4 Å². The van der Waals surface area contributed by atoms with Crippen molar-refractivity contribution in [1.82, 2.24) is 0 Å². The minimum absolute atomic E-state index is 0. The molecule has 0 spiro atoms. The number of aliphatic carboxylic acids is 3. The number of halogens is 3. The van der Waals surface area contributed by atoms with Crippen LogP contribution in [0.25, 0.3) is 0 Å². The Kier molecular flexibility index (Phi) is 81.2. The fourth-order valence-corrected chi connectivity index (χ4v) is 0. The van der Waals surface area contributed by atoms with Gasteiger partial charge in [0, 0.05) is 19.6 Å². The zero-order valence-corrected chi connectivity index (χ0v) is 13.2. The summed E-state index contributed by atoms with van der Waals surface area (Å²) in [4.78, 5) is 27.4. The van der Waals surface area contributed by atoms with Crippen LogP contribution in [-0.4, -0.2) is 54.9 Å². The summed E-state index contributed by atoms with van der Waals surface area (Å²) in [6.07, 6.45) is 0. The number of hydrogen-bond donors (Lipinski definition) is 3. The average Bonchev–Trinajstić information content (AvgIpc) is 2.19. The molecule has 0 saturated carbocycles. The van der Waals surface area contributed by atoms with Crippen LogP contribution < -0.4 is 32.5 Å². The van der Waals surface area contributed by atoms with Gasteiger partial charge in [-0.2, -0.15) is 0 Å². The minimum Gasteiger partial charge on any atom is -0.549 e. The van der Waals surface area contributed by atoms with Gasteiger partial charge in [-0.05, 0) is 0 Å². The van der Waals surface area contributed by atoms with E-state index in [2.05, 4.69) is 17.2 Å². The third kappa shape index (κ3) is 134. The van der Waals surface area contributed by atoms with Crippen molar-refractivity contribution in [3.8, 4) is 0 Å². The van der Waals surface area contributed by atoms with E-state index in [-0.39, 0.29) is 74.2 Å². The van der Waals surface area contributed by atoms with Crippen LogP contribution in [0.2, 0.25) is 0 Å². The van der Waals surface area contributed by atoms with Crippen molar-refractivity contribution in [1.29, 1.82) is 0 Å². The average molecular weight is 359 g/mol. The first-order valence-corrected chi connectivity index (χ1v) is 3.51. The maximum Gasteiger partial charge on any atom is 3.00 e. The summed E-state index contributed by atoms with van der Waals surface area (Å²) in [5.41, 5.74) is 13.5. The Labute approximate surface area is 139 Å². The van der Waals surface area contributed by atoms with Crippen LogP contribution >= 0.6 is 37.2 Å². The molecular weight excluding hydrogens is 343 g/mol. The van der Waals surface area contributed by atoms with E-state index in [1.54, 1.807) is 0 Å². The second-order valence-electron chi connectivity index (χ2n) is 1.73. The summed E-state index contributed by atoms with van der Waals surface area (Å²) >= 11 is 0. The molecule has 0 fully saturated rings. The number of carboxylic acids is 3. The van der Waals surface area contributed by atoms with E-state index >= 15 is 0 Å². The van der Waals surface area contributed by atoms with Gasteiger partial charge in [-0.25, -0.2) is 0 Å². The molecule has 0 radical (unpaired) electrons. The molecule has 114 valence electrons. The third-order valence-electron chi connectivity index (χ3n) is 0.500. The van der Waals surface area contributed by atoms with Crippen molar-refractivity contribution in [3.05, 3.63) is 0 Å². The predicted octanol–water partition coefficient (Wildman–Crippen LogP) is -6.03. The number of nitrogens with two attached hydrogens (primary N) is 3. The fraction of sp³-hybridized carbons (Fsp3) is 0.500. The minimum atomic E-state index is -1.22. The van der Waals surface area contributed by atoms with Crippen LogP contribution in [0.3, 0.4) is 0 Å². The van der Waals surface area contributed by atoms with Crippen molar-refractivity contribution in [2.75, 3.05) is 19.6 Å². The standard InChI is InChI=1S/3C2H5NO2.Al.3ClH/c3*3-1-2(4)5;;;;/h3*1,3H2,(H,4,5);;3*1H/q;;;+3;;;/p-3. The number of carboxylic acid groups (broad SMARTS) is 3. The summed E-state index contributed by atoms with van der Waals surface area (Å²) in [5.74, 6) is -3.65. The molecule has 19 heavy (non-hydrogen) atoms.